The summed E-state index contributed by atoms with van der Waals surface area (Å²) >= 11 is 1.74. The first-order chi connectivity index (χ1) is 14.2. The molecule has 1 spiro atoms. The molecule has 3 heterocycles. The molecule has 30 heavy (non-hydrogen) atoms. The number of hydrogen-bond donors (Lipinski definition) is 1. The largest absolute Gasteiger partial charge is 0.334 e. The highest BCUT2D eigenvalue weighted by Crippen LogP contribution is 2.43. The lowest BCUT2D eigenvalue weighted by Gasteiger charge is -2.40. The first-order valence-electron chi connectivity index (χ1n) is 11.2. The zero-order chi connectivity index (χ0) is 21.7. The van der Waals surface area contributed by atoms with Gasteiger partial charge in [-0.3, -0.25) is 14.5 Å². The fourth-order valence-corrected chi connectivity index (χ4v) is 6.42. The van der Waals surface area contributed by atoms with E-state index < -0.39 is 11.6 Å². The quantitative estimate of drug-likeness (QED) is 0.732. The molecule has 0 radical (unpaired) electrons. The van der Waals surface area contributed by atoms with Crippen LogP contribution >= 0.6 is 11.3 Å². The summed E-state index contributed by atoms with van der Waals surface area (Å²) in [6.07, 6.45) is 4.82. The van der Waals surface area contributed by atoms with E-state index >= 15 is 0 Å². The maximum absolute atomic E-state index is 13.2. The number of nitrogens with one attached hydrogen (secondary N) is 1. The van der Waals surface area contributed by atoms with Gasteiger partial charge < -0.3 is 10.2 Å². The van der Waals surface area contributed by atoms with Crippen LogP contribution in [0.15, 0.2) is 11.4 Å². The number of fused-ring (bicyclic) bond motifs is 1. The first-order valence-corrected chi connectivity index (χ1v) is 12.0. The zero-order valence-corrected chi connectivity index (χ0v) is 19.3. The molecular formula is C23H33N3O3S. The predicted octanol–water partition coefficient (Wildman–Crippen LogP) is 4.11. The second-order valence-electron chi connectivity index (χ2n) is 10.1. The molecule has 1 aromatic heterocycles. The van der Waals surface area contributed by atoms with Crippen LogP contribution in [0.2, 0.25) is 0 Å². The van der Waals surface area contributed by atoms with Gasteiger partial charge in [0.1, 0.15) is 12.1 Å². The van der Waals surface area contributed by atoms with Crippen molar-refractivity contribution in [2.75, 3.05) is 13.1 Å². The minimum atomic E-state index is -0.814. The van der Waals surface area contributed by atoms with Crippen molar-refractivity contribution >= 4 is 29.2 Å². The molecule has 4 amide bonds. The van der Waals surface area contributed by atoms with Crippen LogP contribution in [0, 0.1) is 11.3 Å². The summed E-state index contributed by atoms with van der Waals surface area (Å²) in [6.45, 7) is 9.26. The van der Waals surface area contributed by atoms with E-state index in [0.717, 1.165) is 30.6 Å². The Bertz CT molecular complexity index is 848. The maximum atomic E-state index is 13.2. The summed E-state index contributed by atoms with van der Waals surface area (Å²) < 4.78 is 0. The predicted molar refractivity (Wildman–Crippen MR) is 117 cm³/mol. The molecule has 1 atom stereocenters. The lowest BCUT2D eigenvalue weighted by atomic mass is 9.67. The molecule has 2 fully saturated rings. The standard InChI is InChI=1S/C23H33N3O3S/c1-5-17-16-9-13-30-18(16)8-12-25(17)19(27)14-26-20(28)23(24-21(26)29)10-6-15(7-11-23)22(2,3)4/h9,13,15,17H,5-8,10-12,14H2,1-4H3,(H,24,29). The molecule has 3 aliphatic rings. The van der Waals surface area contributed by atoms with Crippen LogP contribution in [0.25, 0.3) is 0 Å². The molecule has 1 N–H and O–H groups in total. The molecule has 1 unspecified atom stereocenters. The van der Waals surface area contributed by atoms with Crippen LogP contribution in [0.5, 0.6) is 0 Å². The Kier molecular flexibility index (Phi) is 5.45. The third-order valence-electron chi connectivity index (χ3n) is 7.41. The third-order valence-corrected chi connectivity index (χ3v) is 8.40. The summed E-state index contributed by atoms with van der Waals surface area (Å²) in [6, 6.07) is 1.72. The van der Waals surface area contributed by atoms with Crippen molar-refractivity contribution in [2.24, 2.45) is 11.3 Å². The number of urea groups is 1. The van der Waals surface area contributed by atoms with Crippen molar-refractivity contribution in [3.8, 4) is 0 Å². The second-order valence-corrected chi connectivity index (χ2v) is 11.1. The Hall–Kier alpha value is -1.89. The number of carbonyl (C=O) groups excluding carboxylic acids is 3. The SMILES string of the molecule is CCC1c2ccsc2CCN1C(=O)CN1C(=O)NC2(CCC(C(C)(C)C)CC2)C1=O. The molecular weight excluding hydrogens is 398 g/mol. The molecule has 2 aliphatic heterocycles. The van der Waals surface area contributed by atoms with E-state index in [1.807, 2.05) is 4.90 Å². The van der Waals surface area contributed by atoms with Gasteiger partial charge in [0.15, 0.2) is 0 Å². The lowest BCUT2D eigenvalue weighted by Crippen LogP contribution is -2.51. The number of rotatable bonds is 3. The molecule has 1 aliphatic carbocycles. The number of amides is 4. The molecule has 6 nitrogen and oxygen atoms in total. The molecule has 1 aromatic rings. The van der Waals surface area contributed by atoms with Gasteiger partial charge in [-0.25, -0.2) is 4.79 Å². The molecule has 0 bridgehead atoms. The van der Waals surface area contributed by atoms with Crippen LogP contribution in [0.1, 0.15) is 76.3 Å². The summed E-state index contributed by atoms with van der Waals surface area (Å²) in [5.74, 6) is 0.194. The van der Waals surface area contributed by atoms with Crippen molar-refractivity contribution in [2.45, 2.75) is 77.8 Å². The van der Waals surface area contributed by atoms with Crippen LogP contribution in [0.3, 0.4) is 0 Å². The van der Waals surface area contributed by atoms with Crippen LogP contribution in [0.4, 0.5) is 4.79 Å². The third kappa shape index (κ3) is 3.55. The molecule has 1 saturated heterocycles. The van der Waals surface area contributed by atoms with Gasteiger partial charge in [-0.05, 0) is 66.9 Å². The number of carbonyl (C=O) groups is 3. The summed E-state index contributed by atoms with van der Waals surface area (Å²) in [7, 11) is 0. The fraction of sp³-hybridized carbons (Fsp3) is 0.696. The Balaban J connectivity index is 1.45. The average Bonchev–Trinajstić information content (AvgIpc) is 3.26. The van der Waals surface area contributed by atoms with Gasteiger partial charge in [0.2, 0.25) is 5.91 Å². The highest BCUT2D eigenvalue weighted by molar-refractivity contribution is 7.10. The van der Waals surface area contributed by atoms with E-state index in [4.69, 9.17) is 0 Å². The summed E-state index contributed by atoms with van der Waals surface area (Å²) in [5, 5.41) is 5.03. The first kappa shape index (κ1) is 21.3. The van der Waals surface area contributed by atoms with Gasteiger partial charge in [0, 0.05) is 11.4 Å². The molecule has 0 aromatic carbocycles. The van der Waals surface area contributed by atoms with Gasteiger partial charge in [-0.15, -0.1) is 11.3 Å². The summed E-state index contributed by atoms with van der Waals surface area (Å²) in [4.78, 5) is 43.5. The van der Waals surface area contributed by atoms with Gasteiger partial charge in [-0.2, -0.15) is 0 Å². The molecule has 164 valence electrons. The van der Waals surface area contributed by atoms with Gasteiger partial charge in [0.05, 0.1) is 6.04 Å². The van der Waals surface area contributed by atoms with E-state index in [2.05, 4.69) is 44.5 Å². The van der Waals surface area contributed by atoms with Gasteiger partial charge in [0.25, 0.3) is 5.91 Å². The average molecular weight is 432 g/mol. The Morgan fingerprint density at radius 2 is 1.97 bits per heavy atom. The van der Waals surface area contributed by atoms with E-state index in [9.17, 15) is 14.4 Å². The number of thiophene rings is 1. The minimum Gasteiger partial charge on any atom is -0.334 e. The monoisotopic (exact) mass is 431 g/mol. The topological polar surface area (TPSA) is 69.7 Å². The highest BCUT2D eigenvalue weighted by atomic mass is 32.1. The van der Waals surface area contributed by atoms with Crippen LogP contribution in [-0.4, -0.2) is 46.3 Å². The van der Waals surface area contributed by atoms with Crippen molar-refractivity contribution in [3.63, 3.8) is 0 Å². The smallest absolute Gasteiger partial charge is 0.325 e. The van der Waals surface area contributed by atoms with Crippen LogP contribution in [-0.2, 0) is 16.0 Å². The number of imide groups is 1. The highest BCUT2D eigenvalue weighted by Gasteiger charge is 2.53. The summed E-state index contributed by atoms with van der Waals surface area (Å²) in [5.41, 5.74) is 0.606. The van der Waals surface area contributed by atoms with Crippen LogP contribution < -0.4 is 5.32 Å². The van der Waals surface area contributed by atoms with E-state index in [0.29, 0.717) is 25.3 Å². The van der Waals surface area contributed by atoms with E-state index in [1.54, 1.807) is 11.3 Å². The zero-order valence-electron chi connectivity index (χ0n) is 18.5. The molecule has 4 rings (SSSR count). The van der Waals surface area contributed by atoms with Gasteiger partial charge in [-0.1, -0.05) is 27.7 Å². The Morgan fingerprint density at radius 3 is 2.60 bits per heavy atom. The van der Waals surface area contributed by atoms with E-state index in [1.165, 1.54) is 10.4 Å². The van der Waals surface area contributed by atoms with Crippen molar-refractivity contribution in [1.29, 1.82) is 0 Å². The normalized spacial score (nSPS) is 29.3. The Labute approximate surface area is 183 Å². The second kappa shape index (κ2) is 7.66. The molecule has 7 heteroatoms. The van der Waals surface area contributed by atoms with Gasteiger partial charge >= 0.3 is 6.03 Å². The van der Waals surface area contributed by atoms with Crippen molar-refractivity contribution in [1.82, 2.24) is 15.1 Å². The Morgan fingerprint density at radius 1 is 1.27 bits per heavy atom. The van der Waals surface area contributed by atoms with Crippen molar-refractivity contribution in [3.05, 3.63) is 21.9 Å². The molecule has 1 saturated carbocycles. The fourth-order valence-electron chi connectivity index (χ4n) is 5.50. The van der Waals surface area contributed by atoms with E-state index in [-0.39, 0.29) is 29.8 Å². The van der Waals surface area contributed by atoms with Crippen molar-refractivity contribution < 1.29 is 14.4 Å². The number of hydrogen-bond acceptors (Lipinski definition) is 4. The number of nitrogens with zero attached hydrogens (tertiary/aromatic N) is 2. The lowest BCUT2D eigenvalue weighted by molar-refractivity contribution is -0.141. The maximum Gasteiger partial charge on any atom is 0.325 e. The minimum absolute atomic E-state index is 0.0319.